The molecule has 0 saturated carbocycles. The number of aliphatic hydroxyl groups excluding tert-OH is 1. The lowest BCUT2D eigenvalue weighted by molar-refractivity contribution is 0.282. The molecule has 1 atom stereocenters. The van der Waals surface area contributed by atoms with Gasteiger partial charge in [-0.3, -0.25) is 0 Å². The Labute approximate surface area is 90.7 Å². The molecule has 0 spiro atoms. The second kappa shape index (κ2) is 5.38. The summed E-state index contributed by atoms with van der Waals surface area (Å²) in [7, 11) is 0. The Bertz CT molecular complexity index is 296. The van der Waals surface area contributed by atoms with Gasteiger partial charge in [-0.25, -0.2) is 0 Å². The highest BCUT2D eigenvalue weighted by atomic mass is 35.5. The summed E-state index contributed by atoms with van der Waals surface area (Å²) in [6.45, 7) is 6.01. The Balaban J connectivity index is 3.00. The monoisotopic (exact) mass is 211 g/mol. The lowest BCUT2D eigenvalue weighted by atomic mass is 9.98. The first-order chi connectivity index (χ1) is 6.70. The largest absolute Gasteiger partial charge is 0.396 e. The molecule has 0 amide bonds. The molecule has 0 saturated heterocycles. The van der Waals surface area contributed by atoms with Crippen LogP contribution in [0.25, 0.3) is 0 Å². The Kier molecular flexibility index (Phi) is 4.43. The molecule has 1 rings (SSSR count). The molecule has 1 aromatic carbocycles. The van der Waals surface area contributed by atoms with Crippen molar-refractivity contribution in [2.75, 3.05) is 6.61 Å². The second-order valence-electron chi connectivity index (χ2n) is 3.45. The first kappa shape index (κ1) is 11.5. The SMILES string of the molecule is [CH2]C(CO)c1cccc(CCC)c1Cl. The van der Waals surface area contributed by atoms with Crippen molar-refractivity contribution in [2.45, 2.75) is 25.7 Å². The van der Waals surface area contributed by atoms with E-state index in [9.17, 15) is 0 Å². The maximum absolute atomic E-state index is 9.01. The van der Waals surface area contributed by atoms with Gasteiger partial charge in [-0.15, -0.1) is 0 Å². The number of hydrogen-bond acceptors (Lipinski definition) is 1. The average Bonchev–Trinajstić information content (AvgIpc) is 2.20. The zero-order chi connectivity index (χ0) is 10.6. The summed E-state index contributed by atoms with van der Waals surface area (Å²) in [6, 6.07) is 5.93. The zero-order valence-corrected chi connectivity index (χ0v) is 9.22. The van der Waals surface area contributed by atoms with Gasteiger partial charge in [0, 0.05) is 17.5 Å². The van der Waals surface area contributed by atoms with Crippen LogP contribution in [0.3, 0.4) is 0 Å². The third-order valence-corrected chi connectivity index (χ3v) is 2.75. The summed E-state index contributed by atoms with van der Waals surface area (Å²) in [4.78, 5) is 0. The molecular weight excluding hydrogens is 196 g/mol. The fraction of sp³-hybridized carbons (Fsp3) is 0.417. The van der Waals surface area contributed by atoms with E-state index in [1.54, 1.807) is 0 Å². The van der Waals surface area contributed by atoms with Crippen LogP contribution in [0.4, 0.5) is 0 Å². The van der Waals surface area contributed by atoms with Crippen LogP contribution in [0.5, 0.6) is 0 Å². The Morgan fingerprint density at radius 1 is 1.50 bits per heavy atom. The number of benzene rings is 1. The topological polar surface area (TPSA) is 20.2 Å². The van der Waals surface area contributed by atoms with Crippen LogP contribution < -0.4 is 0 Å². The lowest BCUT2D eigenvalue weighted by Crippen LogP contribution is -2.01. The molecular formula is C12H16ClO. The van der Waals surface area contributed by atoms with Crippen molar-refractivity contribution in [1.82, 2.24) is 0 Å². The zero-order valence-electron chi connectivity index (χ0n) is 8.46. The number of halogens is 1. The van der Waals surface area contributed by atoms with Crippen LogP contribution in [0, 0.1) is 6.92 Å². The van der Waals surface area contributed by atoms with E-state index in [-0.39, 0.29) is 12.5 Å². The van der Waals surface area contributed by atoms with Crippen molar-refractivity contribution < 1.29 is 5.11 Å². The Hall–Kier alpha value is -0.530. The minimum absolute atomic E-state index is 0.0370. The minimum atomic E-state index is -0.126. The molecule has 1 unspecified atom stereocenters. The van der Waals surface area contributed by atoms with Crippen LogP contribution in [0.15, 0.2) is 18.2 Å². The van der Waals surface area contributed by atoms with Gasteiger partial charge < -0.3 is 5.11 Å². The first-order valence-corrected chi connectivity index (χ1v) is 5.29. The fourth-order valence-electron chi connectivity index (χ4n) is 1.48. The van der Waals surface area contributed by atoms with Gasteiger partial charge in [0.25, 0.3) is 0 Å². The van der Waals surface area contributed by atoms with E-state index in [1.807, 2.05) is 18.2 Å². The van der Waals surface area contributed by atoms with E-state index < -0.39 is 0 Å². The van der Waals surface area contributed by atoms with Crippen LogP contribution in [-0.2, 0) is 6.42 Å². The molecule has 0 bridgehead atoms. The van der Waals surface area contributed by atoms with Gasteiger partial charge in [-0.2, -0.15) is 0 Å². The Morgan fingerprint density at radius 2 is 2.21 bits per heavy atom. The van der Waals surface area contributed by atoms with Gasteiger partial charge in [0.05, 0.1) is 0 Å². The van der Waals surface area contributed by atoms with Crippen molar-refractivity contribution >= 4 is 11.6 Å². The molecule has 1 radical (unpaired) electrons. The third kappa shape index (κ3) is 2.49. The van der Waals surface area contributed by atoms with E-state index in [4.69, 9.17) is 16.7 Å². The highest BCUT2D eigenvalue weighted by molar-refractivity contribution is 6.32. The molecule has 0 fully saturated rings. The average molecular weight is 212 g/mol. The highest BCUT2D eigenvalue weighted by Gasteiger charge is 2.10. The predicted octanol–water partition coefficient (Wildman–Crippen LogP) is 3.20. The molecule has 1 nitrogen and oxygen atoms in total. The van der Waals surface area contributed by atoms with Crippen LogP contribution >= 0.6 is 11.6 Å². The predicted molar refractivity (Wildman–Crippen MR) is 60.6 cm³/mol. The van der Waals surface area contributed by atoms with Crippen molar-refractivity contribution in [2.24, 2.45) is 0 Å². The van der Waals surface area contributed by atoms with Gasteiger partial charge >= 0.3 is 0 Å². The molecule has 0 aliphatic carbocycles. The normalized spacial score (nSPS) is 12.9. The molecule has 0 heterocycles. The number of aryl methyl sites for hydroxylation is 1. The van der Waals surface area contributed by atoms with Crippen molar-refractivity contribution in [3.05, 3.63) is 41.3 Å². The second-order valence-corrected chi connectivity index (χ2v) is 3.83. The van der Waals surface area contributed by atoms with E-state index in [2.05, 4.69) is 13.8 Å². The Morgan fingerprint density at radius 3 is 2.79 bits per heavy atom. The third-order valence-electron chi connectivity index (χ3n) is 2.29. The summed E-state index contributed by atoms with van der Waals surface area (Å²) in [5, 5.41) is 9.78. The smallest absolute Gasteiger partial charge is 0.0500 e. The van der Waals surface area contributed by atoms with E-state index in [1.165, 1.54) is 0 Å². The van der Waals surface area contributed by atoms with Crippen molar-refractivity contribution in [1.29, 1.82) is 0 Å². The number of aliphatic hydroxyl groups is 1. The molecule has 0 aliphatic rings. The molecule has 77 valence electrons. The van der Waals surface area contributed by atoms with Gasteiger partial charge in [-0.1, -0.05) is 43.1 Å². The van der Waals surface area contributed by atoms with E-state index in [0.29, 0.717) is 0 Å². The molecule has 0 aliphatic heterocycles. The lowest BCUT2D eigenvalue weighted by Gasteiger charge is -2.13. The quantitative estimate of drug-likeness (QED) is 0.811. The van der Waals surface area contributed by atoms with Crippen molar-refractivity contribution in [3.8, 4) is 0 Å². The van der Waals surface area contributed by atoms with Gasteiger partial charge in [0.15, 0.2) is 0 Å². The standard InChI is InChI=1S/C12H16ClO/c1-3-5-10-6-4-7-11(12(10)13)9(2)8-14/h4,6-7,9,14H,2-3,5,8H2,1H3. The summed E-state index contributed by atoms with van der Waals surface area (Å²) in [5.41, 5.74) is 2.09. The summed E-state index contributed by atoms with van der Waals surface area (Å²) < 4.78 is 0. The number of hydrogen-bond donors (Lipinski definition) is 1. The minimum Gasteiger partial charge on any atom is -0.396 e. The van der Waals surface area contributed by atoms with E-state index >= 15 is 0 Å². The van der Waals surface area contributed by atoms with Gasteiger partial charge in [-0.05, 0) is 24.5 Å². The maximum Gasteiger partial charge on any atom is 0.0500 e. The molecule has 14 heavy (non-hydrogen) atoms. The summed E-state index contributed by atoms with van der Waals surface area (Å²) >= 11 is 6.21. The maximum atomic E-state index is 9.01. The number of rotatable bonds is 4. The van der Waals surface area contributed by atoms with Gasteiger partial charge in [0.1, 0.15) is 0 Å². The molecule has 1 N–H and O–H groups in total. The first-order valence-electron chi connectivity index (χ1n) is 4.92. The highest BCUT2D eigenvalue weighted by Crippen LogP contribution is 2.27. The van der Waals surface area contributed by atoms with Crippen LogP contribution in [0.2, 0.25) is 5.02 Å². The van der Waals surface area contributed by atoms with Gasteiger partial charge in [0.2, 0.25) is 0 Å². The summed E-state index contributed by atoms with van der Waals surface area (Å²) in [6.07, 6.45) is 2.05. The van der Waals surface area contributed by atoms with Crippen LogP contribution in [0.1, 0.15) is 30.4 Å². The molecule has 1 aromatic rings. The van der Waals surface area contributed by atoms with Crippen molar-refractivity contribution in [3.63, 3.8) is 0 Å². The van der Waals surface area contributed by atoms with Crippen LogP contribution in [-0.4, -0.2) is 11.7 Å². The molecule has 0 aromatic heterocycles. The van der Waals surface area contributed by atoms with E-state index in [0.717, 1.165) is 29.0 Å². The fourth-order valence-corrected chi connectivity index (χ4v) is 1.85. The molecule has 2 heteroatoms. The summed E-state index contributed by atoms with van der Waals surface area (Å²) in [5.74, 6) is -0.126.